The minimum Gasteiger partial charge on any atom is -0.485 e. The summed E-state index contributed by atoms with van der Waals surface area (Å²) >= 11 is 0. The Labute approximate surface area is 159 Å². The fourth-order valence-corrected chi connectivity index (χ4v) is 2.64. The summed E-state index contributed by atoms with van der Waals surface area (Å²) in [5.74, 6) is 0.718. The van der Waals surface area contributed by atoms with Gasteiger partial charge >= 0.3 is 6.18 Å². The van der Waals surface area contributed by atoms with Crippen LogP contribution in [0, 0.1) is 0 Å². The number of amides is 1. The maximum Gasteiger partial charge on any atom is 0.416 e. The number of primary amides is 1. The van der Waals surface area contributed by atoms with Gasteiger partial charge in [-0.15, -0.1) is 0 Å². The largest absolute Gasteiger partial charge is 0.485 e. The van der Waals surface area contributed by atoms with Gasteiger partial charge in [0.05, 0.1) is 11.6 Å². The van der Waals surface area contributed by atoms with E-state index in [0.29, 0.717) is 29.4 Å². The first kappa shape index (κ1) is 19.8. The zero-order chi connectivity index (χ0) is 20.3. The van der Waals surface area contributed by atoms with Gasteiger partial charge in [0.1, 0.15) is 6.61 Å². The van der Waals surface area contributed by atoms with E-state index in [9.17, 15) is 18.0 Å². The Bertz CT molecular complexity index is 871. The number of hydrogen-bond acceptors (Lipinski definition) is 5. The molecule has 0 fully saturated rings. The zero-order valence-electron chi connectivity index (χ0n) is 15.0. The van der Waals surface area contributed by atoms with Gasteiger partial charge in [-0.05, 0) is 30.7 Å². The summed E-state index contributed by atoms with van der Waals surface area (Å²) in [5.41, 5.74) is 5.61. The van der Waals surface area contributed by atoms with Crippen LogP contribution in [-0.4, -0.2) is 18.7 Å². The summed E-state index contributed by atoms with van der Waals surface area (Å²) in [5, 5.41) is 2.97. The smallest absolute Gasteiger partial charge is 0.416 e. The number of hydrogen-bond donors (Lipinski definition) is 2. The van der Waals surface area contributed by atoms with Crippen LogP contribution in [0.3, 0.4) is 0 Å². The minimum absolute atomic E-state index is 0.00234. The standard InChI is InChI=1S/C19H19F3N2O4/c1-11(18(23)25)24-8-13-5-6-15(17-16(13)27-10-28-17)26-9-12-3-2-4-14(7-12)19(20,21)22/h2-7,11,24H,8-10H2,1H3,(H2,23,25)/t11-/m0/s1. The highest BCUT2D eigenvalue weighted by atomic mass is 19.4. The molecule has 0 radical (unpaired) electrons. The molecule has 0 saturated carbocycles. The number of nitrogens with one attached hydrogen (secondary N) is 1. The summed E-state index contributed by atoms with van der Waals surface area (Å²) < 4.78 is 55.0. The molecule has 3 N–H and O–H groups in total. The number of carbonyl (C=O) groups excluding carboxylic acids is 1. The average molecular weight is 396 g/mol. The third kappa shape index (κ3) is 4.48. The van der Waals surface area contributed by atoms with Gasteiger partial charge in [0, 0.05) is 12.1 Å². The number of rotatable bonds is 7. The number of nitrogens with two attached hydrogens (primary N) is 1. The third-order valence-corrected chi connectivity index (χ3v) is 4.24. The van der Waals surface area contributed by atoms with E-state index in [1.807, 2.05) is 0 Å². The second kappa shape index (κ2) is 7.97. The van der Waals surface area contributed by atoms with Crippen molar-refractivity contribution in [1.82, 2.24) is 5.32 Å². The van der Waals surface area contributed by atoms with E-state index in [2.05, 4.69) is 5.32 Å². The van der Waals surface area contributed by atoms with Crippen molar-refractivity contribution in [3.05, 3.63) is 53.1 Å². The molecule has 1 heterocycles. The predicted octanol–water partition coefficient (Wildman–Crippen LogP) is 2.98. The van der Waals surface area contributed by atoms with E-state index >= 15 is 0 Å². The average Bonchev–Trinajstić information content (AvgIpc) is 3.14. The van der Waals surface area contributed by atoms with Gasteiger partial charge in [0.2, 0.25) is 18.4 Å². The van der Waals surface area contributed by atoms with Gasteiger partial charge in [-0.2, -0.15) is 13.2 Å². The highest BCUT2D eigenvalue weighted by Crippen LogP contribution is 2.44. The molecule has 0 bridgehead atoms. The van der Waals surface area contributed by atoms with Crippen LogP contribution in [0.15, 0.2) is 36.4 Å². The highest BCUT2D eigenvalue weighted by Gasteiger charge is 2.30. The first-order valence-corrected chi connectivity index (χ1v) is 8.49. The summed E-state index contributed by atoms with van der Waals surface area (Å²) in [7, 11) is 0. The van der Waals surface area contributed by atoms with E-state index in [0.717, 1.165) is 17.7 Å². The molecule has 28 heavy (non-hydrogen) atoms. The Hall–Kier alpha value is -2.94. The summed E-state index contributed by atoms with van der Waals surface area (Å²) in [6.07, 6.45) is -4.41. The van der Waals surface area contributed by atoms with E-state index in [-0.39, 0.29) is 13.4 Å². The van der Waals surface area contributed by atoms with Gasteiger partial charge in [-0.1, -0.05) is 18.2 Å². The van der Waals surface area contributed by atoms with Crippen LogP contribution in [0.5, 0.6) is 17.2 Å². The van der Waals surface area contributed by atoms with E-state index < -0.39 is 23.7 Å². The molecular weight excluding hydrogens is 377 g/mol. The quantitative estimate of drug-likeness (QED) is 0.752. The molecule has 2 aromatic carbocycles. The molecule has 1 amide bonds. The van der Waals surface area contributed by atoms with Crippen LogP contribution in [0.4, 0.5) is 13.2 Å². The lowest BCUT2D eigenvalue weighted by Gasteiger charge is -2.14. The Morgan fingerprint density at radius 3 is 2.71 bits per heavy atom. The first-order valence-electron chi connectivity index (χ1n) is 8.49. The molecule has 1 aliphatic heterocycles. The number of carbonyl (C=O) groups is 1. The lowest BCUT2D eigenvalue weighted by molar-refractivity contribution is -0.137. The van der Waals surface area contributed by atoms with Crippen molar-refractivity contribution in [2.75, 3.05) is 6.79 Å². The van der Waals surface area contributed by atoms with Crippen molar-refractivity contribution in [3.63, 3.8) is 0 Å². The maximum absolute atomic E-state index is 12.8. The second-order valence-electron chi connectivity index (χ2n) is 6.28. The van der Waals surface area contributed by atoms with E-state index in [1.54, 1.807) is 25.1 Å². The fourth-order valence-electron chi connectivity index (χ4n) is 2.64. The van der Waals surface area contributed by atoms with Crippen molar-refractivity contribution in [2.45, 2.75) is 32.3 Å². The van der Waals surface area contributed by atoms with Gasteiger partial charge in [0.25, 0.3) is 0 Å². The summed E-state index contributed by atoms with van der Waals surface area (Å²) in [4.78, 5) is 11.1. The topological polar surface area (TPSA) is 82.8 Å². The Morgan fingerprint density at radius 1 is 1.25 bits per heavy atom. The molecule has 150 valence electrons. The van der Waals surface area contributed by atoms with Gasteiger partial charge in [0.15, 0.2) is 11.5 Å². The summed E-state index contributed by atoms with van der Waals surface area (Å²) in [6.45, 7) is 1.91. The molecule has 6 nitrogen and oxygen atoms in total. The summed E-state index contributed by atoms with van der Waals surface area (Å²) in [6, 6.07) is 7.79. The Kier molecular flexibility index (Phi) is 5.64. The molecular formula is C19H19F3N2O4. The van der Waals surface area contributed by atoms with Crippen LogP contribution >= 0.6 is 0 Å². The molecule has 1 atom stereocenters. The normalized spacial score (nSPS) is 14.0. The number of alkyl halides is 3. The SMILES string of the molecule is C[C@H](NCc1ccc(OCc2cccc(C(F)(F)F)c2)c2c1OCO2)C(N)=O. The van der Waals surface area contributed by atoms with Crippen molar-refractivity contribution < 1.29 is 32.2 Å². The lowest BCUT2D eigenvalue weighted by atomic mass is 10.1. The van der Waals surface area contributed by atoms with Crippen LogP contribution < -0.4 is 25.3 Å². The van der Waals surface area contributed by atoms with Crippen LogP contribution in [0.1, 0.15) is 23.6 Å². The van der Waals surface area contributed by atoms with Crippen molar-refractivity contribution in [2.24, 2.45) is 5.73 Å². The monoisotopic (exact) mass is 396 g/mol. The fraction of sp³-hybridized carbons (Fsp3) is 0.316. The molecule has 2 aromatic rings. The number of fused-ring (bicyclic) bond motifs is 1. The molecule has 0 aliphatic carbocycles. The first-order chi connectivity index (χ1) is 13.3. The van der Waals surface area contributed by atoms with Crippen molar-refractivity contribution >= 4 is 5.91 Å². The third-order valence-electron chi connectivity index (χ3n) is 4.24. The Balaban J connectivity index is 1.72. The molecule has 0 saturated heterocycles. The van der Waals surface area contributed by atoms with Gasteiger partial charge in [-0.3, -0.25) is 4.79 Å². The second-order valence-corrected chi connectivity index (χ2v) is 6.28. The molecule has 0 aromatic heterocycles. The maximum atomic E-state index is 12.8. The highest BCUT2D eigenvalue weighted by molar-refractivity contribution is 5.79. The number of halogens is 3. The van der Waals surface area contributed by atoms with Crippen LogP contribution in [-0.2, 0) is 24.1 Å². The van der Waals surface area contributed by atoms with Gasteiger partial charge < -0.3 is 25.3 Å². The van der Waals surface area contributed by atoms with E-state index in [1.165, 1.54) is 6.07 Å². The molecule has 0 unspecified atom stereocenters. The Morgan fingerprint density at radius 2 is 2.00 bits per heavy atom. The van der Waals surface area contributed by atoms with Crippen molar-refractivity contribution in [3.8, 4) is 17.2 Å². The molecule has 3 rings (SSSR count). The molecule has 1 aliphatic rings. The molecule has 9 heteroatoms. The molecule has 0 spiro atoms. The van der Waals surface area contributed by atoms with Crippen LogP contribution in [0.2, 0.25) is 0 Å². The van der Waals surface area contributed by atoms with Crippen LogP contribution in [0.25, 0.3) is 0 Å². The van der Waals surface area contributed by atoms with E-state index in [4.69, 9.17) is 19.9 Å². The number of ether oxygens (including phenoxy) is 3. The minimum atomic E-state index is -4.41. The predicted molar refractivity (Wildman–Crippen MR) is 93.8 cm³/mol. The zero-order valence-corrected chi connectivity index (χ0v) is 15.0. The van der Waals surface area contributed by atoms with Crippen molar-refractivity contribution in [1.29, 1.82) is 0 Å². The number of benzene rings is 2. The van der Waals surface area contributed by atoms with Gasteiger partial charge in [-0.25, -0.2) is 0 Å². The lowest BCUT2D eigenvalue weighted by Crippen LogP contribution is -2.38.